The number of aromatic nitrogens is 3. The molecule has 0 aliphatic carbocycles. The van der Waals surface area contributed by atoms with E-state index in [0.717, 1.165) is 16.9 Å². The number of hydrogen-bond donors (Lipinski definition) is 0. The number of rotatable bonds is 8. The van der Waals surface area contributed by atoms with Gasteiger partial charge in [0.25, 0.3) is 0 Å². The predicted molar refractivity (Wildman–Crippen MR) is 83.9 cm³/mol. The second-order valence-electron chi connectivity index (χ2n) is 5.48. The van der Waals surface area contributed by atoms with Crippen LogP contribution in [0.15, 0.2) is 18.5 Å². The lowest BCUT2D eigenvalue weighted by Crippen LogP contribution is -2.19. The van der Waals surface area contributed by atoms with Crippen molar-refractivity contribution in [2.24, 2.45) is 0 Å². The maximum atomic E-state index is 11.6. The van der Waals surface area contributed by atoms with Crippen molar-refractivity contribution >= 4 is 22.8 Å². The molecule has 0 fully saturated rings. The number of imidazole rings is 1. The molecule has 124 valence electrons. The van der Waals surface area contributed by atoms with Crippen LogP contribution in [0.25, 0.3) is 11.0 Å². The first kappa shape index (κ1) is 17.1. The largest absolute Gasteiger partial charge is 0.463 e. The van der Waals surface area contributed by atoms with E-state index in [0.29, 0.717) is 13.2 Å². The van der Waals surface area contributed by atoms with Crippen LogP contribution in [-0.2, 0) is 25.6 Å². The first-order valence-electron chi connectivity index (χ1n) is 7.53. The molecule has 2 rings (SSSR count). The van der Waals surface area contributed by atoms with Crippen molar-refractivity contribution in [3.8, 4) is 0 Å². The van der Waals surface area contributed by atoms with Crippen LogP contribution in [0.3, 0.4) is 0 Å². The van der Waals surface area contributed by atoms with Gasteiger partial charge in [0.05, 0.1) is 24.4 Å². The number of ether oxygens (including phenoxy) is 2. The lowest BCUT2D eigenvalue weighted by molar-refractivity contribution is -0.150. The smallest absolute Gasteiger partial charge is 0.313 e. The standard InChI is InChI=1S/C16H21N3O4/c1-11(2)23-16(21)8-13(20)10-22-7-6-19-12(3)18-14-9-17-5-4-15(14)19/h4-5,9,11H,6-8,10H2,1-3H3. The Balaban J connectivity index is 1.78. The first-order chi connectivity index (χ1) is 11.0. The summed E-state index contributed by atoms with van der Waals surface area (Å²) in [5, 5.41) is 0. The van der Waals surface area contributed by atoms with Crippen molar-refractivity contribution in [1.29, 1.82) is 0 Å². The summed E-state index contributed by atoms with van der Waals surface area (Å²) in [4.78, 5) is 31.4. The maximum absolute atomic E-state index is 11.6. The minimum atomic E-state index is -0.516. The van der Waals surface area contributed by atoms with Gasteiger partial charge in [0.2, 0.25) is 0 Å². The Labute approximate surface area is 134 Å². The number of ketones is 1. The van der Waals surface area contributed by atoms with Gasteiger partial charge < -0.3 is 14.0 Å². The third kappa shape index (κ3) is 4.85. The van der Waals surface area contributed by atoms with Gasteiger partial charge in [-0.2, -0.15) is 0 Å². The zero-order valence-corrected chi connectivity index (χ0v) is 13.6. The average molecular weight is 319 g/mol. The molecule has 0 bridgehead atoms. The number of nitrogens with zero attached hydrogens (tertiary/aromatic N) is 3. The zero-order chi connectivity index (χ0) is 16.8. The number of fused-ring (bicyclic) bond motifs is 1. The van der Waals surface area contributed by atoms with Crippen molar-refractivity contribution in [2.45, 2.75) is 39.8 Å². The molecule has 0 atom stereocenters. The highest BCUT2D eigenvalue weighted by molar-refractivity contribution is 5.96. The molecule has 7 heteroatoms. The van der Waals surface area contributed by atoms with Gasteiger partial charge in [0, 0.05) is 12.7 Å². The highest BCUT2D eigenvalue weighted by atomic mass is 16.5. The molecule has 2 aromatic rings. The fourth-order valence-corrected chi connectivity index (χ4v) is 2.24. The van der Waals surface area contributed by atoms with Gasteiger partial charge in [-0.25, -0.2) is 4.98 Å². The van der Waals surface area contributed by atoms with Gasteiger partial charge in [0.15, 0.2) is 5.78 Å². The van der Waals surface area contributed by atoms with Crippen LogP contribution >= 0.6 is 0 Å². The number of carbonyl (C=O) groups is 2. The van der Waals surface area contributed by atoms with E-state index in [1.165, 1.54) is 0 Å². The summed E-state index contributed by atoms with van der Waals surface area (Å²) in [6, 6.07) is 1.89. The minimum Gasteiger partial charge on any atom is -0.463 e. The number of pyridine rings is 1. The van der Waals surface area contributed by atoms with E-state index >= 15 is 0 Å². The molecule has 0 saturated heterocycles. The molecule has 0 amide bonds. The summed E-state index contributed by atoms with van der Waals surface area (Å²) in [6.07, 6.45) is 2.95. The van der Waals surface area contributed by atoms with E-state index in [4.69, 9.17) is 9.47 Å². The molecule has 7 nitrogen and oxygen atoms in total. The molecule has 23 heavy (non-hydrogen) atoms. The number of aryl methyl sites for hydroxylation is 1. The van der Waals surface area contributed by atoms with Gasteiger partial charge in [0.1, 0.15) is 24.4 Å². The molecular weight excluding hydrogens is 298 g/mol. The molecule has 0 spiro atoms. The van der Waals surface area contributed by atoms with Crippen molar-refractivity contribution in [1.82, 2.24) is 14.5 Å². The molecule has 0 unspecified atom stereocenters. The fourth-order valence-electron chi connectivity index (χ4n) is 2.24. The van der Waals surface area contributed by atoms with E-state index in [2.05, 4.69) is 9.97 Å². The number of Topliss-reactive ketones (excluding diaryl/α,β-unsaturated/α-hetero) is 1. The summed E-state index contributed by atoms with van der Waals surface area (Å²) in [5.41, 5.74) is 1.81. The van der Waals surface area contributed by atoms with Crippen LogP contribution in [0.2, 0.25) is 0 Å². The van der Waals surface area contributed by atoms with Crippen LogP contribution in [0.4, 0.5) is 0 Å². The SMILES string of the molecule is Cc1nc2cnccc2n1CCOCC(=O)CC(=O)OC(C)C. The normalized spacial score (nSPS) is 11.1. The van der Waals surface area contributed by atoms with E-state index in [9.17, 15) is 9.59 Å². The Morgan fingerprint density at radius 2 is 2.13 bits per heavy atom. The highest BCUT2D eigenvalue weighted by Gasteiger charge is 2.12. The van der Waals surface area contributed by atoms with Gasteiger partial charge >= 0.3 is 5.97 Å². The van der Waals surface area contributed by atoms with Crippen LogP contribution in [0, 0.1) is 6.92 Å². The highest BCUT2D eigenvalue weighted by Crippen LogP contribution is 2.13. The molecule has 0 aliphatic rings. The molecule has 0 radical (unpaired) electrons. The quantitative estimate of drug-likeness (QED) is 0.418. The topological polar surface area (TPSA) is 83.3 Å². The van der Waals surface area contributed by atoms with Crippen LogP contribution < -0.4 is 0 Å². The second-order valence-corrected chi connectivity index (χ2v) is 5.48. The lowest BCUT2D eigenvalue weighted by Gasteiger charge is -2.09. The number of hydrogen-bond acceptors (Lipinski definition) is 6. The molecule has 0 saturated carbocycles. The van der Waals surface area contributed by atoms with Crippen molar-refractivity contribution < 1.29 is 19.1 Å². The summed E-state index contributed by atoms with van der Waals surface area (Å²) in [5.74, 6) is 0.0630. The predicted octanol–water partition coefficient (Wildman–Crippen LogP) is 1.67. The molecule has 2 heterocycles. The molecule has 0 aliphatic heterocycles. The Morgan fingerprint density at radius 1 is 1.35 bits per heavy atom. The summed E-state index contributed by atoms with van der Waals surface area (Å²) in [6.45, 7) is 6.24. The van der Waals surface area contributed by atoms with Crippen LogP contribution in [0.1, 0.15) is 26.1 Å². The van der Waals surface area contributed by atoms with E-state index in [1.54, 1.807) is 26.2 Å². The summed E-state index contributed by atoms with van der Waals surface area (Å²) in [7, 11) is 0. The third-order valence-corrected chi connectivity index (χ3v) is 3.17. The van der Waals surface area contributed by atoms with E-state index < -0.39 is 5.97 Å². The average Bonchev–Trinajstić information content (AvgIpc) is 2.78. The van der Waals surface area contributed by atoms with Gasteiger partial charge in [-0.3, -0.25) is 14.6 Å². The van der Waals surface area contributed by atoms with Crippen molar-refractivity contribution in [3.05, 3.63) is 24.3 Å². The van der Waals surface area contributed by atoms with E-state index in [1.807, 2.05) is 17.6 Å². The number of carbonyl (C=O) groups excluding carboxylic acids is 2. The van der Waals surface area contributed by atoms with Gasteiger partial charge in [-0.05, 0) is 26.8 Å². The number of esters is 1. The Morgan fingerprint density at radius 3 is 2.87 bits per heavy atom. The lowest BCUT2D eigenvalue weighted by atomic mass is 10.3. The molecule has 0 aromatic carbocycles. The first-order valence-corrected chi connectivity index (χ1v) is 7.53. The summed E-state index contributed by atoms with van der Waals surface area (Å²) < 4.78 is 12.3. The minimum absolute atomic E-state index is 0.0968. The molecular formula is C16H21N3O4. The van der Waals surface area contributed by atoms with Gasteiger partial charge in [-0.15, -0.1) is 0 Å². The van der Waals surface area contributed by atoms with Crippen LogP contribution in [-0.4, -0.2) is 45.6 Å². The Kier molecular flexibility index (Phi) is 5.81. The molecule has 0 N–H and O–H groups in total. The van der Waals surface area contributed by atoms with Crippen LogP contribution in [0.5, 0.6) is 0 Å². The Hall–Kier alpha value is -2.28. The summed E-state index contributed by atoms with van der Waals surface area (Å²) >= 11 is 0. The van der Waals surface area contributed by atoms with Gasteiger partial charge in [-0.1, -0.05) is 0 Å². The van der Waals surface area contributed by atoms with Crippen molar-refractivity contribution in [2.75, 3.05) is 13.2 Å². The monoisotopic (exact) mass is 319 g/mol. The molecule has 2 aromatic heterocycles. The van der Waals surface area contributed by atoms with Crippen molar-refractivity contribution in [3.63, 3.8) is 0 Å². The maximum Gasteiger partial charge on any atom is 0.313 e. The third-order valence-electron chi connectivity index (χ3n) is 3.17. The van der Waals surface area contributed by atoms with E-state index in [-0.39, 0.29) is 24.9 Å². The Bertz CT molecular complexity index is 694. The fraction of sp³-hybridized carbons (Fsp3) is 0.500. The second kappa shape index (κ2) is 7.82. The zero-order valence-electron chi connectivity index (χ0n) is 13.6.